The summed E-state index contributed by atoms with van der Waals surface area (Å²) >= 11 is 0. The fourth-order valence-electron chi connectivity index (χ4n) is 4.92. The highest BCUT2D eigenvalue weighted by Crippen LogP contribution is 2.36. The molecule has 0 aliphatic carbocycles. The van der Waals surface area contributed by atoms with E-state index < -0.39 is 0 Å². The molecule has 0 aliphatic rings. The number of anilines is 3. The summed E-state index contributed by atoms with van der Waals surface area (Å²) < 4.78 is 0. The minimum Gasteiger partial charge on any atom is -0.310 e. The molecule has 40 heavy (non-hydrogen) atoms. The molecule has 0 N–H and O–H groups in total. The van der Waals surface area contributed by atoms with E-state index >= 15 is 0 Å². The number of rotatable bonds is 7. The normalized spacial score (nSPS) is 11.4. The van der Waals surface area contributed by atoms with Crippen molar-refractivity contribution < 1.29 is 0 Å². The summed E-state index contributed by atoms with van der Waals surface area (Å²) in [4.78, 5) is 2.33. The van der Waals surface area contributed by atoms with Gasteiger partial charge in [0.05, 0.1) is 0 Å². The molecule has 0 fully saturated rings. The SMILES string of the molecule is Cc1ccc2cc(N(c3ccc(/C=C/c4ccccc4)cc3)c3ccc(/C=C/c4ccccc4)cc3)ccc2c1. The van der Waals surface area contributed by atoms with E-state index in [1.54, 1.807) is 0 Å². The van der Waals surface area contributed by atoms with Gasteiger partial charge in [-0.05, 0) is 76.3 Å². The third kappa shape index (κ3) is 5.95. The summed E-state index contributed by atoms with van der Waals surface area (Å²) in [7, 11) is 0. The molecule has 192 valence electrons. The maximum Gasteiger partial charge on any atom is 0.0468 e. The molecule has 0 aromatic heterocycles. The van der Waals surface area contributed by atoms with Crippen molar-refractivity contribution in [2.75, 3.05) is 4.90 Å². The zero-order chi connectivity index (χ0) is 27.1. The standard InChI is InChI=1S/C39H31N/c1-30-12-21-36-29-39(27-22-35(36)28-30)40(37-23-17-33(18-24-37)15-13-31-8-4-2-5-9-31)38-25-19-34(20-26-38)16-14-32-10-6-3-7-11-32/h2-29H,1H3/b15-13+,16-14+. The number of benzene rings is 6. The van der Waals surface area contributed by atoms with Crippen LogP contribution in [0, 0.1) is 6.92 Å². The second-order valence-corrected chi connectivity index (χ2v) is 10.0. The Balaban J connectivity index is 1.34. The molecule has 0 bridgehead atoms. The van der Waals surface area contributed by atoms with Gasteiger partial charge < -0.3 is 4.90 Å². The van der Waals surface area contributed by atoms with Crippen LogP contribution in [-0.2, 0) is 0 Å². The minimum atomic E-state index is 1.12. The van der Waals surface area contributed by atoms with E-state index in [0.717, 1.165) is 17.1 Å². The summed E-state index contributed by atoms with van der Waals surface area (Å²) in [5, 5.41) is 2.49. The molecule has 1 heteroatoms. The minimum absolute atomic E-state index is 1.12. The quantitative estimate of drug-likeness (QED) is 0.192. The Morgan fingerprint density at radius 2 is 0.775 bits per heavy atom. The number of hydrogen-bond donors (Lipinski definition) is 0. The highest BCUT2D eigenvalue weighted by molar-refractivity contribution is 5.90. The molecule has 0 radical (unpaired) electrons. The van der Waals surface area contributed by atoms with Gasteiger partial charge in [-0.2, -0.15) is 0 Å². The topological polar surface area (TPSA) is 3.24 Å². The smallest absolute Gasteiger partial charge is 0.0468 e. The lowest BCUT2D eigenvalue weighted by molar-refractivity contribution is 1.29. The number of nitrogens with zero attached hydrogens (tertiary/aromatic N) is 1. The van der Waals surface area contributed by atoms with Gasteiger partial charge in [-0.25, -0.2) is 0 Å². The van der Waals surface area contributed by atoms with Crippen molar-refractivity contribution in [2.45, 2.75) is 6.92 Å². The molecule has 0 saturated carbocycles. The van der Waals surface area contributed by atoms with Crippen LogP contribution in [0.3, 0.4) is 0 Å². The van der Waals surface area contributed by atoms with E-state index in [4.69, 9.17) is 0 Å². The lowest BCUT2D eigenvalue weighted by Crippen LogP contribution is -2.09. The zero-order valence-corrected chi connectivity index (χ0v) is 22.6. The number of hydrogen-bond acceptors (Lipinski definition) is 1. The van der Waals surface area contributed by atoms with E-state index in [1.807, 2.05) is 12.1 Å². The summed E-state index contributed by atoms with van der Waals surface area (Å²) in [6, 6.07) is 51.7. The van der Waals surface area contributed by atoms with Crippen LogP contribution < -0.4 is 4.90 Å². The second kappa shape index (κ2) is 11.7. The van der Waals surface area contributed by atoms with Crippen LogP contribution >= 0.6 is 0 Å². The molecule has 6 aromatic carbocycles. The van der Waals surface area contributed by atoms with Gasteiger partial charge >= 0.3 is 0 Å². The average molecular weight is 514 g/mol. The van der Waals surface area contributed by atoms with Gasteiger partial charge in [0, 0.05) is 17.1 Å². The van der Waals surface area contributed by atoms with E-state index in [2.05, 4.69) is 170 Å². The van der Waals surface area contributed by atoms with Crippen LogP contribution in [0.5, 0.6) is 0 Å². The Bertz CT molecular complexity index is 1670. The molecule has 0 amide bonds. The van der Waals surface area contributed by atoms with E-state index in [1.165, 1.54) is 38.6 Å². The first-order valence-electron chi connectivity index (χ1n) is 13.7. The molecule has 0 saturated heterocycles. The highest BCUT2D eigenvalue weighted by atomic mass is 15.1. The molecule has 0 atom stereocenters. The van der Waals surface area contributed by atoms with Gasteiger partial charge in [0.2, 0.25) is 0 Å². The third-order valence-corrected chi connectivity index (χ3v) is 7.08. The maximum atomic E-state index is 2.33. The Morgan fingerprint density at radius 1 is 0.375 bits per heavy atom. The number of fused-ring (bicyclic) bond motifs is 1. The van der Waals surface area contributed by atoms with Crippen molar-refractivity contribution in [1.82, 2.24) is 0 Å². The second-order valence-electron chi connectivity index (χ2n) is 10.0. The Labute approximate surface area is 237 Å². The van der Waals surface area contributed by atoms with Gasteiger partial charge in [0.15, 0.2) is 0 Å². The van der Waals surface area contributed by atoms with Crippen LogP contribution in [0.25, 0.3) is 35.1 Å². The third-order valence-electron chi connectivity index (χ3n) is 7.08. The molecule has 0 aliphatic heterocycles. The van der Waals surface area contributed by atoms with Crippen molar-refractivity contribution in [3.05, 3.63) is 173 Å². The maximum absolute atomic E-state index is 2.33. The van der Waals surface area contributed by atoms with E-state index in [0.29, 0.717) is 0 Å². The largest absolute Gasteiger partial charge is 0.310 e. The lowest BCUT2D eigenvalue weighted by atomic mass is 10.1. The first-order valence-corrected chi connectivity index (χ1v) is 13.7. The predicted molar refractivity (Wildman–Crippen MR) is 174 cm³/mol. The van der Waals surface area contributed by atoms with Gasteiger partial charge in [-0.15, -0.1) is 0 Å². The van der Waals surface area contributed by atoms with Crippen LogP contribution in [0.4, 0.5) is 17.1 Å². The van der Waals surface area contributed by atoms with Gasteiger partial charge in [-0.3, -0.25) is 0 Å². The van der Waals surface area contributed by atoms with Crippen molar-refractivity contribution in [2.24, 2.45) is 0 Å². The van der Waals surface area contributed by atoms with E-state index in [9.17, 15) is 0 Å². The lowest BCUT2D eigenvalue weighted by Gasteiger charge is -2.26. The van der Waals surface area contributed by atoms with Crippen molar-refractivity contribution in [1.29, 1.82) is 0 Å². The van der Waals surface area contributed by atoms with Crippen LogP contribution in [0.15, 0.2) is 146 Å². The fraction of sp³-hybridized carbons (Fsp3) is 0.0256. The van der Waals surface area contributed by atoms with Gasteiger partial charge in [0.25, 0.3) is 0 Å². The van der Waals surface area contributed by atoms with Gasteiger partial charge in [-0.1, -0.05) is 139 Å². The summed E-state index contributed by atoms with van der Waals surface area (Å²) in [6.07, 6.45) is 8.63. The first kappa shape index (κ1) is 25.2. The Hall–Kier alpha value is -5.14. The predicted octanol–water partition coefficient (Wildman–Crippen LogP) is 11.0. The summed E-state index contributed by atoms with van der Waals surface area (Å²) in [5.41, 5.74) is 9.38. The van der Waals surface area contributed by atoms with Crippen LogP contribution in [0.1, 0.15) is 27.8 Å². The van der Waals surface area contributed by atoms with Crippen molar-refractivity contribution in [3.63, 3.8) is 0 Å². The molecule has 6 aromatic rings. The van der Waals surface area contributed by atoms with Crippen molar-refractivity contribution >= 4 is 52.1 Å². The van der Waals surface area contributed by atoms with E-state index in [-0.39, 0.29) is 0 Å². The molecule has 0 heterocycles. The highest BCUT2D eigenvalue weighted by Gasteiger charge is 2.13. The Kier molecular flexibility index (Phi) is 7.37. The van der Waals surface area contributed by atoms with Crippen LogP contribution in [0.2, 0.25) is 0 Å². The van der Waals surface area contributed by atoms with Crippen LogP contribution in [-0.4, -0.2) is 0 Å². The molecule has 0 spiro atoms. The summed E-state index contributed by atoms with van der Waals surface area (Å²) in [6.45, 7) is 2.14. The average Bonchev–Trinajstić information content (AvgIpc) is 3.01. The summed E-state index contributed by atoms with van der Waals surface area (Å²) in [5.74, 6) is 0. The fourth-order valence-corrected chi connectivity index (χ4v) is 4.92. The van der Waals surface area contributed by atoms with Crippen molar-refractivity contribution in [3.8, 4) is 0 Å². The van der Waals surface area contributed by atoms with Gasteiger partial charge in [0.1, 0.15) is 0 Å². The zero-order valence-electron chi connectivity index (χ0n) is 22.6. The molecular formula is C39H31N. The molecule has 6 rings (SSSR count). The molecular weight excluding hydrogens is 482 g/mol. The molecule has 1 nitrogen and oxygen atoms in total. The monoisotopic (exact) mass is 513 g/mol. The molecule has 0 unspecified atom stereocenters. The Morgan fingerprint density at radius 3 is 1.27 bits per heavy atom. The first-order chi connectivity index (χ1) is 19.7. The number of aryl methyl sites for hydroxylation is 1.